The number of fused-ring (bicyclic) bond motifs is 1. The van der Waals surface area contributed by atoms with Crippen LogP contribution in [-0.4, -0.2) is 21.4 Å². The van der Waals surface area contributed by atoms with Crippen LogP contribution < -0.4 is 15.2 Å². The summed E-state index contributed by atoms with van der Waals surface area (Å²) in [6.07, 6.45) is 1.50. The number of hydrogen-bond acceptors (Lipinski definition) is 5. The molecule has 0 bridgehead atoms. The van der Waals surface area contributed by atoms with Gasteiger partial charge in [-0.2, -0.15) is 5.26 Å². The van der Waals surface area contributed by atoms with Crippen molar-refractivity contribution in [1.29, 1.82) is 5.26 Å². The number of hydrogen-bond donors (Lipinski definition) is 2. The molecule has 0 aromatic heterocycles. The van der Waals surface area contributed by atoms with Crippen molar-refractivity contribution in [3.05, 3.63) is 71.8 Å². The van der Waals surface area contributed by atoms with Gasteiger partial charge in [-0.05, 0) is 47.4 Å². The number of nitrogens with two attached hydrogens (primary N) is 1. The van der Waals surface area contributed by atoms with E-state index in [1.54, 1.807) is 19.2 Å². The summed E-state index contributed by atoms with van der Waals surface area (Å²) in [7, 11) is -2.25. The highest BCUT2D eigenvalue weighted by Gasteiger charge is 2.13. The highest BCUT2D eigenvalue weighted by atomic mass is 32.2. The minimum atomic E-state index is -3.82. The molecule has 0 aliphatic heterocycles. The maximum atomic E-state index is 12.5. The van der Waals surface area contributed by atoms with Gasteiger partial charge < -0.3 is 10.1 Å². The first-order valence-electron chi connectivity index (χ1n) is 8.45. The SMILES string of the molecule is COc1ccc(/C=C(\C#N)C(=O)Nc2ccc(S(N)(=O)=O)cc2)c2ccccc12. The minimum absolute atomic E-state index is 0.0729. The van der Waals surface area contributed by atoms with E-state index in [2.05, 4.69) is 5.32 Å². The molecule has 0 aliphatic carbocycles. The molecule has 0 fully saturated rings. The summed E-state index contributed by atoms with van der Waals surface area (Å²) >= 11 is 0. The number of nitrogens with one attached hydrogen (secondary N) is 1. The van der Waals surface area contributed by atoms with Crippen LogP contribution in [-0.2, 0) is 14.8 Å². The van der Waals surface area contributed by atoms with E-state index in [4.69, 9.17) is 9.88 Å². The Labute approximate surface area is 168 Å². The number of carbonyl (C=O) groups excluding carboxylic acids is 1. The molecule has 3 N–H and O–H groups in total. The lowest BCUT2D eigenvalue weighted by atomic mass is 10.0. The van der Waals surface area contributed by atoms with Crippen LogP contribution in [0, 0.1) is 11.3 Å². The van der Waals surface area contributed by atoms with Gasteiger partial charge >= 0.3 is 0 Å². The normalized spacial score (nSPS) is 11.7. The highest BCUT2D eigenvalue weighted by molar-refractivity contribution is 7.89. The van der Waals surface area contributed by atoms with Crippen molar-refractivity contribution in [1.82, 2.24) is 0 Å². The van der Waals surface area contributed by atoms with E-state index in [9.17, 15) is 18.5 Å². The van der Waals surface area contributed by atoms with Crippen molar-refractivity contribution in [2.45, 2.75) is 4.90 Å². The molecule has 146 valence electrons. The number of nitriles is 1. The van der Waals surface area contributed by atoms with Gasteiger partial charge in [0.25, 0.3) is 5.91 Å². The summed E-state index contributed by atoms with van der Waals surface area (Å²) < 4.78 is 28.0. The number of carbonyl (C=O) groups is 1. The summed E-state index contributed by atoms with van der Waals surface area (Å²) in [5, 5.41) is 18.8. The van der Waals surface area contributed by atoms with Gasteiger partial charge in [0.2, 0.25) is 10.0 Å². The van der Waals surface area contributed by atoms with Crippen molar-refractivity contribution in [3.8, 4) is 11.8 Å². The second-order valence-corrected chi connectivity index (χ2v) is 7.66. The van der Waals surface area contributed by atoms with Crippen LogP contribution in [0.4, 0.5) is 5.69 Å². The Morgan fingerprint density at radius 2 is 1.72 bits per heavy atom. The van der Waals surface area contributed by atoms with Crippen LogP contribution in [0.5, 0.6) is 5.75 Å². The molecule has 0 unspecified atom stereocenters. The molecule has 3 rings (SSSR count). The average Bonchev–Trinajstić information content (AvgIpc) is 2.71. The van der Waals surface area contributed by atoms with E-state index in [1.807, 2.05) is 30.3 Å². The van der Waals surface area contributed by atoms with Crippen molar-refractivity contribution in [3.63, 3.8) is 0 Å². The summed E-state index contributed by atoms with van der Waals surface area (Å²) in [5.74, 6) is 0.0754. The number of primary sulfonamides is 1. The first kappa shape index (κ1) is 20.1. The van der Waals surface area contributed by atoms with E-state index in [1.165, 1.54) is 30.3 Å². The van der Waals surface area contributed by atoms with Gasteiger partial charge in [0.05, 0.1) is 12.0 Å². The lowest BCUT2D eigenvalue weighted by Gasteiger charge is -2.09. The largest absolute Gasteiger partial charge is 0.496 e. The topological polar surface area (TPSA) is 122 Å². The van der Waals surface area contributed by atoms with Gasteiger partial charge in [0.15, 0.2) is 0 Å². The summed E-state index contributed by atoms with van der Waals surface area (Å²) in [5.41, 5.74) is 0.927. The second kappa shape index (κ2) is 8.14. The van der Waals surface area contributed by atoms with E-state index in [-0.39, 0.29) is 10.5 Å². The average molecular weight is 407 g/mol. The third kappa shape index (κ3) is 4.43. The molecular formula is C21H17N3O4S. The third-order valence-electron chi connectivity index (χ3n) is 4.24. The monoisotopic (exact) mass is 407 g/mol. The molecule has 0 spiro atoms. The molecule has 29 heavy (non-hydrogen) atoms. The lowest BCUT2D eigenvalue weighted by molar-refractivity contribution is -0.112. The fourth-order valence-electron chi connectivity index (χ4n) is 2.83. The van der Waals surface area contributed by atoms with Crippen molar-refractivity contribution in [2.24, 2.45) is 5.14 Å². The molecular weight excluding hydrogens is 390 g/mol. The zero-order valence-electron chi connectivity index (χ0n) is 15.4. The summed E-state index contributed by atoms with van der Waals surface area (Å²) in [6.45, 7) is 0. The van der Waals surface area contributed by atoms with Crippen LogP contribution in [0.15, 0.2) is 71.1 Å². The number of ether oxygens (including phenoxy) is 1. The zero-order valence-corrected chi connectivity index (χ0v) is 16.2. The first-order chi connectivity index (χ1) is 13.8. The molecule has 0 radical (unpaired) electrons. The predicted octanol–water partition coefficient (Wildman–Crippen LogP) is 3.04. The fourth-order valence-corrected chi connectivity index (χ4v) is 3.34. The molecule has 3 aromatic carbocycles. The molecule has 3 aromatic rings. The number of nitrogens with zero attached hydrogens (tertiary/aromatic N) is 1. The van der Waals surface area contributed by atoms with Gasteiger partial charge in [-0.15, -0.1) is 0 Å². The van der Waals surface area contributed by atoms with Crippen LogP contribution in [0.2, 0.25) is 0 Å². The molecule has 8 heteroatoms. The number of rotatable bonds is 5. The van der Waals surface area contributed by atoms with Crippen molar-refractivity contribution < 1.29 is 17.9 Å². The third-order valence-corrected chi connectivity index (χ3v) is 5.17. The summed E-state index contributed by atoms with van der Waals surface area (Å²) in [4.78, 5) is 12.4. The zero-order chi connectivity index (χ0) is 21.0. The molecule has 7 nitrogen and oxygen atoms in total. The first-order valence-corrected chi connectivity index (χ1v) is 10.00. The van der Waals surface area contributed by atoms with E-state index >= 15 is 0 Å². The number of sulfonamides is 1. The van der Waals surface area contributed by atoms with Gasteiger partial charge in [-0.25, -0.2) is 13.6 Å². The van der Waals surface area contributed by atoms with Crippen LogP contribution in [0.1, 0.15) is 5.56 Å². The highest BCUT2D eigenvalue weighted by Crippen LogP contribution is 2.29. The van der Waals surface area contributed by atoms with E-state index in [0.717, 1.165) is 10.8 Å². The Balaban J connectivity index is 1.92. The number of benzene rings is 3. The van der Waals surface area contributed by atoms with E-state index < -0.39 is 15.9 Å². The molecule has 1 amide bonds. The Kier molecular flexibility index (Phi) is 5.64. The molecule has 0 saturated heterocycles. The fraction of sp³-hybridized carbons (Fsp3) is 0.0476. The van der Waals surface area contributed by atoms with Crippen LogP contribution in [0.25, 0.3) is 16.8 Å². The maximum absolute atomic E-state index is 12.5. The summed E-state index contributed by atoms with van der Waals surface area (Å²) in [6, 6.07) is 18.3. The molecule has 0 heterocycles. The Morgan fingerprint density at radius 3 is 2.31 bits per heavy atom. The van der Waals surface area contributed by atoms with Gasteiger partial charge in [0.1, 0.15) is 17.4 Å². The van der Waals surface area contributed by atoms with Crippen LogP contribution in [0.3, 0.4) is 0 Å². The number of methoxy groups -OCH3 is 1. The minimum Gasteiger partial charge on any atom is -0.496 e. The second-order valence-electron chi connectivity index (χ2n) is 6.10. The molecule has 0 saturated carbocycles. The lowest BCUT2D eigenvalue weighted by Crippen LogP contribution is -2.14. The Bertz CT molecular complexity index is 1260. The Morgan fingerprint density at radius 1 is 1.07 bits per heavy atom. The molecule has 0 aliphatic rings. The smallest absolute Gasteiger partial charge is 0.266 e. The quantitative estimate of drug-likeness (QED) is 0.497. The van der Waals surface area contributed by atoms with Crippen molar-refractivity contribution >= 4 is 38.5 Å². The predicted molar refractivity (Wildman–Crippen MR) is 111 cm³/mol. The van der Waals surface area contributed by atoms with Crippen molar-refractivity contribution in [2.75, 3.05) is 12.4 Å². The molecule has 0 atom stereocenters. The Hall–Kier alpha value is -3.67. The van der Waals surface area contributed by atoms with Gasteiger partial charge in [0, 0.05) is 11.1 Å². The standard InChI is InChI=1S/C21H17N3O4S/c1-28-20-11-6-14(18-4-2-3-5-19(18)20)12-15(13-22)21(25)24-16-7-9-17(10-8-16)29(23,26)27/h2-12H,1H3,(H,24,25)(H2,23,26,27)/b15-12+. The van der Waals surface area contributed by atoms with E-state index in [0.29, 0.717) is 17.0 Å². The van der Waals surface area contributed by atoms with Gasteiger partial charge in [-0.1, -0.05) is 30.3 Å². The number of anilines is 1. The van der Waals surface area contributed by atoms with Gasteiger partial charge in [-0.3, -0.25) is 4.79 Å². The number of amides is 1. The maximum Gasteiger partial charge on any atom is 0.266 e. The van der Waals surface area contributed by atoms with Crippen LogP contribution >= 0.6 is 0 Å².